The van der Waals surface area contributed by atoms with Crippen molar-refractivity contribution in [2.45, 2.75) is 39.7 Å². The number of aromatic amines is 1. The molecule has 2 aromatic rings. The van der Waals surface area contributed by atoms with Crippen molar-refractivity contribution >= 4 is 5.91 Å². The molecule has 1 atom stereocenters. The lowest BCUT2D eigenvalue weighted by molar-refractivity contribution is 0.0523. The maximum Gasteiger partial charge on any atom is 0.257 e. The summed E-state index contributed by atoms with van der Waals surface area (Å²) in [4.78, 5) is 25.4. The number of carbonyl (C=O) groups excluding carboxylic acids is 1. The van der Waals surface area contributed by atoms with Gasteiger partial charge in [-0.05, 0) is 51.8 Å². The summed E-state index contributed by atoms with van der Waals surface area (Å²) in [6.07, 6.45) is 5.35. The first kappa shape index (κ1) is 19.0. The lowest BCUT2D eigenvalue weighted by atomic mass is 9.79. The highest BCUT2D eigenvalue weighted by atomic mass is 16.5. The van der Waals surface area contributed by atoms with Crippen LogP contribution in [0.25, 0.3) is 0 Å². The molecule has 1 aromatic heterocycles. The zero-order valence-corrected chi connectivity index (χ0v) is 16.9. The largest absolute Gasteiger partial charge is 0.493 e. The van der Waals surface area contributed by atoms with Gasteiger partial charge >= 0.3 is 0 Å². The number of piperidine rings is 1. The van der Waals surface area contributed by atoms with Crippen molar-refractivity contribution in [2.24, 2.45) is 5.41 Å². The Kier molecular flexibility index (Phi) is 5.40. The Morgan fingerprint density at radius 1 is 1.25 bits per heavy atom. The van der Waals surface area contributed by atoms with Crippen molar-refractivity contribution < 1.29 is 9.53 Å². The molecule has 0 radical (unpaired) electrons. The molecule has 0 aliphatic carbocycles. The van der Waals surface area contributed by atoms with E-state index >= 15 is 0 Å². The normalized spacial score (nSPS) is 22.7. The quantitative estimate of drug-likeness (QED) is 0.862. The van der Waals surface area contributed by atoms with E-state index < -0.39 is 0 Å². The number of amides is 1. The van der Waals surface area contributed by atoms with Gasteiger partial charge in [0.15, 0.2) is 0 Å². The Labute approximate surface area is 166 Å². The fourth-order valence-corrected chi connectivity index (χ4v) is 4.77. The molecule has 6 nitrogen and oxygen atoms in total. The van der Waals surface area contributed by atoms with Crippen molar-refractivity contribution in [2.75, 3.05) is 32.8 Å². The van der Waals surface area contributed by atoms with Crippen molar-refractivity contribution in [3.05, 3.63) is 47.5 Å². The minimum atomic E-state index is 0.103. The first-order valence-electron chi connectivity index (χ1n) is 10.3. The molecule has 1 aromatic carbocycles. The number of nitrogens with one attached hydrogen (secondary N) is 1. The van der Waals surface area contributed by atoms with Crippen LogP contribution < -0.4 is 4.74 Å². The predicted octanol–water partition coefficient (Wildman–Crippen LogP) is 3.25. The zero-order valence-electron chi connectivity index (χ0n) is 16.9. The highest BCUT2D eigenvalue weighted by molar-refractivity contribution is 5.97. The molecule has 2 fully saturated rings. The first-order chi connectivity index (χ1) is 13.6. The number of benzene rings is 1. The van der Waals surface area contributed by atoms with E-state index in [2.05, 4.69) is 14.9 Å². The molecular weight excluding hydrogens is 352 g/mol. The Morgan fingerprint density at radius 2 is 2.11 bits per heavy atom. The van der Waals surface area contributed by atoms with Gasteiger partial charge in [-0.15, -0.1) is 0 Å². The third-order valence-corrected chi connectivity index (χ3v) is 6.03. The summed E-state index contributed by atoms with van der Waals surface area (Å²) in [5.74, 6) is 1.76. The second-order valence-electron chi connectivity index (χ2n) is 8.21. The summed E-state index contributed by atoms with van der Waals surface area (Å²) in [6.45, 7) is 9.20. The molecule has 150 valence electrons. The molecule has 0 saturated carbocycles. The third kappa shape index (κ3) is 3.92. The number of aryl methyl sites for hydroxylation is 1. The van der Waals surface area contributed by atoms with Crippen molar-refractivity contribution in [1.82, 2.24) is 19.8 Å². The smallest absolute Gasteiger partial charge is 0.257 e. The Morgan fingerprint density at radius 3 is 2.89 bits per heavy atom. The molecule has 3 heterocycles. The van der Waals surface area contributed by atoms with E-state index in [9.17, 15) is 4.79 Å². The fourth-order valence-electron chi connectivity index (χ4n) is 4.77. The molecule has 2 saturated heterocycles. The van der Waals surface area contributed by atoms with Crippen LogP contribution in [0.15, 0.2) is 30.5 Å². The van der Waals surface area contributed by atoms with E-state index in [0.29, 0.717) is 17.9 Å². The van der Waals surface area contributed by atoms with Gasteiger partial charge in [0.05, 0.1) is 12.2 Å². The van der Waals surface area contributed by atoms with Gasteiger partial charge in [0.25, 0.3) is 5.91 Å². The summed E-state index contributed by atoms with van der Waals surface area (Å²) in [6, 6.07) is 7.61. The van der Waals surface area contributed by atoms with E-state index in [1.807, 2.05) is 49.2 Å². The summed E-state index contributed by atoms with van der Waals surface area (Å²) >= 11 is 0. The zero-order chi connectivity index (χ0) is 19.6. The number of para-hydroxylation sites is 1. The van der Waals surface area contributed by atoms with Crippen LogP contribution in [0.1, 0.15) is 48.1 Å². The maximum absolute atomic E-state index is 13.2. The summed E-state index contributed by atoms with van der Waals surface area (Å²) in [7, 11) is 0. The van der Waals surface area contributed by atoms with E-state index in [-0.39, 0.29) is 11.3 Å². The molecule has 1 amide bonds. The number of nitrogens with zero attached hydrogens (tertiary/aromatic N) is 3. The van der Waals surface area contributed by atoms with Gasteiger partial charge < -0.3 is 14.6 Å². The Bertz CT molecular complexity index is 833. The number of carbonyl (C=O) groups is 1. The number of hydrogen-bond donors (Lipinski definition) is 1. The third-order valence-electron chi connectivity index (χ3n) is 6.03. The fraction of sp³-hybridized carbons (Fsp3) is 0.545. The summed E-state index contributed by atoms with van der Waals surface area (Å²) in [5.41, 5.74) is 2.07. The highest BCUT2D eigenvalue weighted by Crippen LogP contribution is 2.40. The lowest BCUT2D eigenvalue weighted by Crippen LogP contribution is -2.47. The summed E-state index contributed by atoms with van der Waals surface area (Å²) in [5, 5.41) is 0. The van der Waals surface area contributed by atoms with Gasteiger partial charge in [0.2, 0.25) is 0 Å². The number of hydrogen-bond acceptors (Lipinski definition) is 4. The van der Waals surface area contributed by atoms with Crippen LogP contribution in [0.5, 0.6) is 5.75 Å². The van der Waals surface area contributed by atoms with Crippen LogP contribution in [0.3, 0.4) is 0 Å². The van der Waals surface area contributed by atoms with Gasteiger partial charge in [-0.1, -0.05) is 12.1 Å². The Balaban J connectivity index is 1.44. The second kappa shape index (κ2) is 7.95. The minimum Gasteiger partial charge on any atom is -0.493 e. The van der Waals surface area contributed by atoms with Crippen LogP contribution in [0, 0.1) is 12.3 Å². The van der Waals surface area contributed by atoms with Crippen molar-refractivity contribution in [3.8, 4) is 5.75 Å². The van der Waals surface area contributed by atoms with Crippen LogP contribution in [-0.4, -0.2) is 58.5 Å². The number of rotatable bonds is 5. The number of likely N-dealkylation sites (tertiary alicyclic amines) is 2. The van der Waals surface area contributed by atoms with E-state index in [1.54, 1.807) is 0 Å². The lowest BCUT2D eigenvalue weighted by Gasteiger charge is -2.40. The van der Waals surface area contributed by atoms with E-state index in [0.717, 1.165) is 51.4 Å². The second-order valence-corrected chi connectivity index (χ2v) is 8.21. The Hall–Kier alpha value is -2.34. The van der Waals surface area contributed by atoms with Gasteiger partial charge in [-0.25, -0.2) is 4.98 Å². The van der Waals surface area contributed by atoms with Gasteiger partial charge in [-0.3, -0.25) is 9.69 Å². The summed E-state index contributed by atoms with van der Waals surface area (Å²) < 4.78 is 5.69. The SMILES string of the molecule is CCOc1ccccc1C(=O)N1CCCC2(CCN(Cc3cnc(C)[nH]3)C2)C1. The van der Waals surface area contributed by atoms with E-state index in [4.69, 9.17) is 4.74 Å². The van der Waals surface area contributed by atoms with Gasteiger partial charge in [0, 0.05) is 43.5 Å². The highest BCUT2D eigenvalue weighted by Gasteiger charge is 2.42. The monoisotopic (exact) mass is 382 g/mol. The van der Waals surface area contributed by atoms with Crippen molar-refractivity contribution in [3.63, 3.8) is 0 Å². The molecule has 6 heteroatoms. The first-order valence-corrected chi connectivity index (χ1v) is 10.3. The number of ether oxygens (including phenoxy) is 1. The molecule has 1 unspecified atom stereocenters. The van der Waals surface area contributed by atoms with Crippen LogP contribution >= 0.6 is 0 Å². The average Bonchev–Trinajstić information content (AvgIpc) is 3.28. The molecule has 4 rings (SSSR count). The average molecular weight is 383 g/mol. The maximum atomic E-state index is 13.2. The van der Waals surface area contributed by atoms with Crippen molar-refractivity contribution in [1.29, 1.82) is 0 Å². The molecule has 2 aliphatic rings. The number of aromatic nitrogens is 2. The van der Waals surface area contributed by atoms with Gasteiger partial charge in [-0.2, -0.15) is 0 Å². The molecule has 0 bridgehead atoms. The molecule has 28 heavy (non-hydrogen) atoms. The number of imidazole rings is 1. The molecule has 2 aliphatic heterocycles. The standard InChI is InChI=1S/C22H30N4O2/c1-3-28-20-8-5-4-7-19(20)21(27)26-11-6-9-22(16-26)10-12-25(15-22)14-18-13-23-17(2)24-18/h4-5,7-8,13H,3,6,9-12,14-16H2,1-2H3,(H,23,24). The topological polar surface area (TPSA) is 61.5 Å². The van der Waals surface area contributed by atoms with Gasteiger partial charge in [0.1, 0.15) is 11.6 Å². The molecule has 1 spiro atoms. The van der Waals surface area contributed by atoms with Crippen LogP contribution in [-0.2, 0) is 6.54 Å². The minimum absolute atomic E-state index is 0.103. The molecule has 1 N–H and O–H groups in total. The van der Waals surface area contributed by atoms with Crippen LogP contribution in [0.2, 0.25) is 0 Å². The van der Waals surface area contributed by atoms with E-state index in [1.165, 1.54) is 12.1 Å². The predicted molar refractivity (Wildman–Crippen MR) is 108 cm³/mol. The van der Waals surface area contributed by atoms with Crippen LogP contribution in [0.4, 0.5) is 0 Å². The molecular formula is C22H30N4O2. The number of H-pyrrole nitrogens is 1.